The van der Waals surface area contributed by atoms with Gasteiger partial charge in [-0.05, 0) is 46.3 Å². The molecular weight excluding hydrogens is 310 g/mol. The van der Waals surface area contributed by atoms with E-state index in [0.29, 0.717) is 10.6 Å². The fourth-order valence-electron chi connectivity index (χ4n) is 2.03. The predicted molar refractivity (Wildman–Crippen MR) is 77.1 cm³/mol. The molecule has 0 aliphatic carbocycles. The smallest absolute Gasteiger partial charge is 0.227 e. The van der Waals surface area contributed by atoms with Crippen LogP contribution in [-0.4, -0.2) is 11.9 Å². The van der Waals surface area contributed by atoms with Crippen LogP contribution in [0, 0.1) is 0 Å². The van der Waals surface area contributed by atoms with Gasteiger partial charge in [0.25, 0.3) is 0 Å². The average molecular weight is 322 g/mol. The highest BCUT2D eigenvalue weighted by Crippen LogP contribution is 2.37. The standard InChI is InChI=1S/C13H12BrN3O2/c1-18-9-4-2-8(3-5-9)17-11(15)10-6-7-19-12(10)16-13(17)14/h2-7,11H,15H2,1H3. The van der Waals surface area contributed by atoms with Crippen LogP contribution in [0.3, 0.4) is 0 Å². The SMILES string of the molecule is COc1ccc(N2C(Br)=Nc3occc3C2N)cc1. The van der Waals surface area contributed by atoms with Crippen molar-refractivity contribution in [1.82, 2.24) is 0 Å². The molecule has 1 atom stereocenters. The number of anilines is 1. The lowest BCUT2D eigenvalue weighted by Crippen LogP contribution is -2.38. The summed E-state index contributed by atoms with van der Waals surface area (Å²) in [4.78, 5) is 6.22. The fourth-order valence-corrected chi connectivity index (χ4v) is 2.61. The van der Waals surface area contributed by atoms with Gasteiger partial charge in [-0.25, -0.2) is 0 Å². The van der Waals surface area contributed by atoms with Gasteiger partial charge in [0.1, 0.15) is 11.9 Å². The summed E-state index contributed by atoms with van der Waals surface area (Å²) < 4.78 is 11.0. The minimum atomic E-state index is -0.339. The highest BCUT2D eigenvalue weighted by Gasteiger charge is 2.29. The molecule has 98 valence electrons. The Morgan fingerprint density at radius 3 is 2.74 bits per heavy atom. The van der Waals surface area contributed by atoms with E-state index in [-0.39, 0.29) is 6.17 Å². The predicted octanol–water partition coefficient (Wildman–Crippen LogP) is 3.15. The van der Waals surface area contributed by atoms with E-state index in [0.717, 1.165) is 17.0 Å². The molecule has 1 aromatic carbocycles. The third-order valence-corrected chi connectivity index (χ3v) is 3.57. The van der Waals surface area contributed by atoms with Gasteiger partial charge in [0.2, 0.25) is 5.88 Å². The molecule has 3 rings (SSSR count). The number of hydrogen-bond donors (Lipinski definition) is 1. The summed E-state index contributed by atoms with van der Waals surface area (Å²) in [6.45, 7) is 0. The maximum atomic E-state index is 6.25. The fraction of sp³-hybridized carbons (Fsp3) is 0.154. The number of methoxy groups -OCH3 is 1. The number of aliphatic imine (C=N–C) groups is 1. The summed E-state index contributed by atoms with van der Waals surface area (Å²) in [6, 6.07) is 9.46. The number of fused-ring (bicyclic) bond motifs is 1. The van der Waals surface area contributed by atoms with Crippen LogP contribution in [-0.2, 0) is 0 Å². The summed E-state index contributed by atoms with van der Waals surface area (Å²) in [5.74, 6) is 1.34. The third-order valence-electron chi connectivity index (χ3n) is 3.01. The van der Waals surface area contributed by atoms with Crippen LogP contribution in [0.25, 0.3) is 0 Å². The van der Waals surface area contributed by atoms with E-state index in [4.69, 9.17) is 14.9 Å². The second kappa shape index (κ2) is 4.71. The Balaban J connectivity index is 2.00. The number of nitrogens with two attached hydrogens (primary N) is 1. The second-order valence-corrected chi connectivity index (χ2v) is 4.78. The van der Waals surface area contributed by atoms with Crippen molar-refractivity contribution in [2.45, 2.75) is 6.17 Å². The number of halogens is 1. The van der Waals surface area contributed by atoms with Crippen molar-refractivity contribution in [1.29, 1.82) is 0 Å². The first-order valence-corrected chi connectivity index (χ1v) is 6.50. The lowest BCUT2D eigenvalue weighted by Gasteiger charge is -2.31. The Morgan fingerprint density at radius 2 is 2.05 bits per heavy atom. The van der Waals surface area contributed by atoms with Crippen molar-refractivity contribution in [3.63, 3.8) is 0 Å². The van der Waals surface area contributed by atoms with Crippen molar-refractivity contribution in [2.24, 2.45) is 10.7 Å². The van der Waals surface area contributed by atoms with Crippen molar-refractivity contribution < 1.29 is 9.15 Å². The molecule has 1 unspecified atom stereocenters. The normalized spacial score (nSPS) is 17.9. The van der Waals surface area contributed by atoms with Crippen LogP contribution < -0.4 is 15.4 Å². The number of rotatable bonds is 2. The van der Waals surface area contributed by atoms with E-state index in [1.165, 1.54) is 0 Å². The van der Waals surface area contributed by atoms with Crippen LogP contribution in [0.5, 0.6) is 5.75 Å². The maximum Gasteiger partial charge on any atom is 0.227 e. The molecule has 2 aromatic rings. The van der Waals surface area contributed by atoms with Gasteiger partial charge in [-0.2, -0.15) is 4.99 Å². The van der Waals surface area contributed by atoms with Crippen molar-refractivity contribution in [3.05, 3.63) is 42.2 Å². The first kappa shape index (κ1) is 12.3. The van der Waals surface area contributed by atoms with Gasteiger partial charge in [-0.15, -0.1) is 0 Å². The Labute approximate surface area is 118 Å². The van der Waals surface area contributed by atoms with E-state index < -0.39 is 0 Å². The highest BCUT2D eigenvalue weighted by molar-refractivity contribution is 9.18. The van der Waals surface area contributed by atoms with Crippen LogP contribution in [0.4, 0.5) is 11.6 Å². The molecule has 19 heavy (non-hydrogen) atoms. The highest BCUT2D eigenvalue weighted by atomic mass is 79.9. The zero-order valence-corrected chi connectivity index (χ0v) is 11.8. The molecule has 0 spiro atoms. The molecule has 2 N–H and O–H groups in total. The minimum absolute atomic E-state index is 0.339. The molecule has 1 aliphatic heterocycles. The molecule has 1 aliphatic rings. The largest absolute Gasteiger partial charge is 0.497 e. The third kappa shape index (κ3) is 2.02. The van der Waals surface area contributed by atoms with E-state index >= 15 is 0 Å². The summed E-state index contributed by atoms with van der Waals surface area (Å²) in [7, 11) is 1.64. The van der Waals surface area contributed by atoms with Gasteiger partial charge in [0, 0.05) is 5.69 Å². The van der Waals surface area contributed by atoms with Crippen molar-refractivity contribution in [2.75, 3.05) is 12.0 Å². The minimum Gasteiger partial charge on any atom is -0.497 e. The molecule has 0 amide bonds. The number of benzene rings is 1. The van der Waals surface area contributed by atoms with Gasteiger partial charge in [0.15, 0.2) is 4.74 Å². The van der Waals surface area contributed by atoms with Gasteiger partial charge in [-0.1, -0.05) is 0 Å². The Kier molecular flexibility index (Phi) is 3.04. The quantitative estimate of drug-likeness (QED) is 0.863. The number of furan rings is 1. The summed E-state index contributed by atoms with van der Waals surface area (Å²) >= 11 is 3.43. The molecule has 0 bridgehead atoms. The molecule has 5 nitrogen and oxygen atoms in total. The van der Waals surface area contributed by atoms with E-state index in [2.05, 4.69) is 20.9 Å². The van der Waals surface area contributed by atoms with Crippen LogP contribution in [0.1, 0.15) is 11.7 Å². The van der Waals surface area contributed by atoms with Crippen LogP contribution >= 0.6 is 15.9 Å². The average Bonchev–Trinajstić information content (AvgIpc) is 2.88. The molecule has 2 heterocycles. The van der Waals surface area contributed by atoms with E-state index in [9.17, 15) is 0 Å². The lowest BCUT2D eigenvalue weighted by atomic mass is 10.2. The lowest BCUT2D eigenvalue weighted by molar-refractivity contribution is 0.415. The zero-order chi connectivity index (χ0) is 13.4. The van der Waals surface area contributed by atoms with Crippen LogP contribution in [0.2, 0.25) is 0 Å². The number of ether oxygens (including phenoxy) is 1. The molecule has 1 aromatic heterocycles. The number of amidine groups is 1. The summed E-state index contributed by atoms with van der Waals surface area (Å²) in [5, 5.41) is 0. The van der Waals surface area contributed by atoms with Crippen molar-refractivity contribution >= 4 is 32.2 Å². The first-order chi connectivity index (χ1) is 9.20. The van der Waals surface area contributed by atoms with Gasteiger partial charge in [0.05, 0.1) is 18.9 Å². The Bertz CT molecular complexity index is 621. The number of hydrogen-bond acceptors (Lipinski definition) is 5. The monoisotopic (exact) mass is 321 g/mol. The molecule has 0 radical (unpaired) electrons. The van der Waals surface area contributed by atoms with Gasteiger partial charge >= 0.3 is 0 Å². The Hall–Kier alpha value is -1.79. The zero-order valence-electron chi connectivity index (χ0n) is 10.2. The van der Waals surface area contributed by atoms with Crippen LogP contribution in [0.15, 0.2) is 46.0 Å². The molecular formula is C13H12BrN3O2. The topological polar surface area (TPSA) is 64.0 Å². The van der Waals surface area contributed by atoms with Crippen molar-refractivity contribution in [3.8, 4) is 5.75 Å². The molecule has 0 fully saturated rings. The Morgan fingerprint density at radius 1 is 1.32 bits per heavy atom. The van der Waals surface area contributed by atoms with Gasteiger partial charge in [-0.3, -0.25) is 0 Å². The maximum absolute atomic E-state index is 6.25. The van der Waals surface area contributed by atoms with Gasteiger partial charge < -0.3 is 19.8 Å². The number of nitrogens with zero attached hydrogens (tertiary/aromatic N) is 2. The second-order valence-electron chi connectivity index (χ2n) is 4.07. The summed E-state index contributed by atoms with van der Waals surface area (Å²) in [5.41, 5.74) is 8.04. The molecule has 0 saturated heterocycles. The van der Waals surface area contributed by atoms with E-state index in [1.54, 1.807) is 13.4 Å². The molecule has 6 heteroatoms. The first-order valence-electron chi connectivity index (χ1n) is 5.71. The molecule has 0 saturated carbocycles. The summed E-state index contributed by atoms with van der Waals surface area (Å²) in [6.07, 6.45) is 1.25. The van der Waals surface area contributed by atoms with E-state index in [1.807, 2.05) is 35.2 Å².